The largest absolute Gasteiger partial charge is 0.228 e. The van der Waals surface area contributed by atoms with Gasteiger partial charge in [0.1, 0.15) is 5.21 Å². The molecule has 0 spiro atoms. The van der Waals surface area contributed by atoms with E-state index in [-0.39, 0.29) is 5.21 Å². The third-order valence-electron chi connectivity index (χ3n) is 2.09. The van der Waals surface area contributed by atoms with Crippen LogP contribution in [0.2, 0.25) is 0 Å². The van der Waals surface area contributed by atoms with Crippen LogP contribution in [-0.4, -0.2) is 24.5 Å². The molecular formula is C10H14ClNO2S. The summed E-state index contributed by atoms with van der Waals surface area (Å²) in [6.45, 7) is 2.61. The summed E-state index contributed by atoms with van der Waals surface area (Å²) < 4.78 is 24.4. The topological polar surface area (TPSA) is 37.4 Å². The summed E-state index contributed by atoms with van der Waals surface area (Å²) in [5, 5.41) is -0.367. The van der Waals surface area contributed by atoms with Crippen LogP contribution >= 0.6 is 11.6 Å². The molecule has 1 aromatic rings. The van der Waals surface area contributed by atoms with Crippen molar-refractivity contribution in [2.45, 2.75) is 13.5 Å². The molecule has 0 heterocycles. The van der Waals surface area contributed by atoms with E-state index in [0.29, 0.717) is 13.1 Å². The Balaban J connectivity index is 2.80. The van der Waals surface area contributed by atoms with E-state index in [1.54, 1.807) is 6.92 Å². The van der Waals surface area contributed by atoms with Crippen molar-refractivity contribution in [2.24, 2.45) is 0 Å². The van der Waals surface area contributed by atoms with Crippen molar-refractivity contribution < 1.29 is 8.42 Å². The number of hydrogen-bond acceptors (Lipinski definition) is 2. The molecule has 5 heteroatoms. The van der Waals surface area contributed by atoms with Gasteiger partial charge in [0.05, 0.1) is 0 Å². The quantitative estimate of drug-likeness (QED) is 0.747. The number of nitrogens with zero attached hydrogens (tertiary/aromatic N) is 1. The number of halogens is 1. The minimum absolute atomic E-state index is 0.367. The Morgan fingerprint density at radius 1 is 1.27 bits per heavy atom. The smallest absolute Gasteiger partial charge is 0.211 e. The zero-order valence-electron chi connectivity index (χ0n) is 8.56. The van der Waals surface area contributed by atoms with Gasteiger partial charge < -0.3 is 0 Å². The second kappa shape index (κ2) is 5.49. The van der Waals surface area contributed by atoms with Gasteiger partial charge in [0.2, 0.25) is 10.0 Å². The van der Waals surface area contributed by atoms with Crippen LogP contribution in [0.4, 0.5) is 0 Å². The number of alkyl halides is 1. The van der Waals surface area contributed by atoms with Crippen LogP contribution in [0, 0.1) is 0 Å². The summed E-state index contributed by atoms with van der Waals surface area (Å²) >= 11 is 5.40. The first-order valence-electron chi connectivity index (χ1n) is 4.68. The van der Waals surface area contributed by atoms with Gasteiger partial charge >= 0.3 is 0 Å². The molecule has 3 nitrogen and oxygen atoms in total. The zero-order valence-corrected chi connectivity index (χ0v) is 10.1. The first-order chi connectivity index (χ1) is 7.10. The summed E-state index contributed by atoms with van der Waals surface area (Å²) in [6, 6.07) is 9.46. The van der Waals surface area contributed by atoms with Gasteiger partial charge in [-0.05, 0) is 5.56 Å². The van der Waals surface area contributed by atoms with E-state index >= 15 is 0 Å². The number of hydrogen-bond donors (Lipinski definition) is 0. The number of benzene rings is 1. The Labute approximate surface area is 95.7 Å². The second-order valence-corrected chi connectivity index (χ2v) is 5.69. The Hall–Kier alpha value is -0.580. The lowest BCUT2D eigenvalue weighted by Crippen LogP contribution is -2.31. The highest BCUT2D eigenvalue weighted by atomic mass is 35.5. The molecular weight excluding hydrogens is 234 g/mol. The Kier molecular flexibility index (Phi) is 4.57. The van der Waals surface area contributed by atoms with Gasteiger partial charge in [-0.2, -0.15) is 4.31 Å². The lowest BCUT2D eigenvalue weighted by molar-refractivity contribution is 0.427. The van der Waals surface area contributed by atoms with E-state index < -0.39 is 10.0 Å². The fourth-order valence-corrected chi connectivity index (χ4v) is 2.55. The lowest BCUT2D eigenvalue weighted by Gasteiger charge is -2.18. The predicted molar refractivity (Wildman–Crippen MR) is 62.2 cm³/mol. The van der Waals surface area contributed by atoms with Gasteiger partial charge in [-0.25, -0.2) is 8.42 Å². The molecule has 0 saturated heterocycles. The fourth-order valence-electron chi connectivity index (χ4n) is 1.26. The lowest BCUT2D eigenvalue weighted by atomic mass is 10.2. The van der Waals surface area contributed by atoms with Crippen LogP contribution < -0.4 is 0 Å². The normalized spacial score (nSPS) is 11.9. The highest BCUT2D eigenvalue weighted by Crippen LogP contribution is 2.10. The molecule has 0 amide bonds. The molecule has 0 atom stereocenters. The van der Waals surface area contributed by atoms with Crippen molar-refractivity contribution in [3.63, 3.8) is 0 Å². The SMILES string of the molecule is CCN(Cc1ccccc1)S(=O)(=O)CCl. The van der Waals surface area contributed by atoms with E-state index in [0.717, 1.165) is 5.56 Å². The van der Waals surface area contributed by atoms with Crippen molar-refractivity contribution in [3.05, 3.63) is 35.9 Å². The zero-order chi connectivity index (χ0) is 11.3. The average molecular weight is 248 g/mol. The van der Waals surface area contributed by atoms with Crippen LogP contribution in [-0.2, 0) is 16.6 Å². The Bertz CT molecular complexity index is 391. The standard InChI is InChI=1S/C10H14ClNO2S/c1-2-12(15(13,14)9-11)8-10-6-4-3-5-7-10/h3-7H,2,8-9H2,1H3. The number of rotatable bonds is 5. The molecule has 1 rings (SSSR count). The summed E-state index contributed by atoms with van der Waals surface area (Å²) in [6.07, 6.45) is 0. The van der Waals surface area contributed by atoms with Crippen LogP contribution in [0.15, 0.2) is 30.3 Å². The molecule has 15 heavy (non-hydrogen) atoms. The van der Waals surface area contributed by atoms with E-state index in [1.165, 1.54) is 4.31 Å². The van der Waals surface area contributed by atoms with Gasteiger partial charge in [0.15, 0.2) is 0 Å². The van der Waals surface area contributed by atoms with Crippen molar-refractivity contribution in [3.8, 4) is 0 Å². The Morgan fingerprint density at radius 2 is 1.87 bits per heavy atom. The first-order valence-corrected chi connectivity index (χ1v) is 6.82. The molecule has 0 fully saturated rings. The van der Waals surface area contributed by atoms with Crippen LogP contribution in [0.3, 0.4) is 0 Å². The minimum atomic E-state index is -3.31. The minimum Gasteiger partial charge on any atom is -0.211 e. The predicted octanol–water partition coefficient (Wildman–Crippen LogP) is 2.03. The van der Waals surface area contributed by atoms with E-state index in [2.05, 4.69) is 0 Å². The van der Waals surface area contributed by atoms with Crippen molar-refractivity contribution in [2.75, 3.05) is 11.8 Å². The monoisotopic (exact) mass is 247 g/mol. The Morgan fingerprint density at radius 3 is 2.33 bits per heavy atom. The number of sulfonamides is 1. The second-order valence-electron chi connectivity index (χ2n) is 3.13. The fraction of sp³-hybridized carbons (Fsp3) is 0.400. The summed E-state index contributed by atoms with van der Waals surface area (Å²) in [5.74, 6) is 0. The molecule has 0 aliphatic heterocycles. The summed E-state index contributed by atoms with van der Waals surface area (Å²) in [5.41, 5.74) is 0.966. The van der Waals surface area contributed by atoms with Gasteiger partial charge in [0.25, 0.3) is 0 Å². The molecule has 84 valence electrons. The molecule has 0 saturated carbocycles. The molecule has 0 radical (unpaired) electrons. The molecule has 0 bridgehead atoms. The molecule has 1 aromatic carbocycles. The van der Waals surface area contributed by atoms with Crippen LogP contribution in [0.5, 0.6) is 0 Å². The molecule has 0 aliphatic rings. The maximum atomic E-state index is 11.5. The highest BCUT2D eigenvalue weighted by Gasteiger charge is 2.18. The van der Waals surface area contributed by atoms with Gasteiger partial charge in [-0.15, -0.1) is 11.6 Å². The third-order valence-corrected chi connectivity index (χ3v) is 4.36. The van der Waals surface area contributed by atoms with Crippen molar-refractivity contribution in [1.82, 2.24) is 4.31 Å². The van der Waals surface area contributed by atoms with Crippen LogP contribution in [0.1, 0.15) is 12.5 Å². The maximum absolute atomic E-state index is 11.5. The van der Waals surface area contributed by atoms with E-state index in [4.69, 9.17) is 11.6 Å². The molecule has 0 aliphatic carbocycles. The molecule has 0 N–H and O–H groups in total. The highest BCUT2D eigenvalue weighted by molar-refractivity contribution is 7.90. The molecule has 0 aromatic heterocycles. The van der Waals surface area contributed by atoms with Gasteiger partial charge in [0, 0.05) is 13.1 Å². The van der Waals surface area contributed by atoms with Crippen molar-refractivity contribution in [1.29, 1.82) is 0 Å². The first kappa shape index (κ1) is 12.5. The summed E-state index contributed by atoms with van der Waals surface area (Å²) in [7, 11) is -3.31. The third kappa shape index (κ3) is 3.48. The maximum Gasteiger partial charge on any atom is 0.228 e. The molecule has 0 unspecified atom stereocenters. The van der Waals surface area contributed by atoms with Crippen LogP contribution in [0.25, 0.3) is 0 Å². The average Bonchev–Trinajstić information content (AvgIpc) is 2.27. The van der Waals surface area contributed by atoms with Crippen molar-refractivity contribution >= 4 is 21.6 Å². The van der Waals surface area contributed by atoms with E-state index in [1.807, 2.05) is 30.3 Å². The van der Waals surface area contributed by atoms with Gasteiger partial charge in [-0.1, -0.05) is 37.3 Å². The summed E-state index contributed by atoms with van der Waals surface area (Å²) in [4.78, 5) is 0. The van der Waals surface area contributed by atoms with Gasteiger partial charge in [-0.3, -0.25) is 0 Å². The van der Waals surface area contributed by atoms with E-state index in [9.17, 15) is 8.42 Å².